The van der Waals surface area contributed by atoms with Crippen molar-refractivity contribution in [2.75, 3.05) is 20.0 Å². The first-order valence-electron chi connectivity index (χ1n) is 8.65. The quantitative estimate of drug-likeness (QED) is 0.255. The van der Waals surface area contributed by atoms with Gasteiger partial charge in [0.2, 0.25) is 0 Å². The third kappa shape index (κ3) is 4.43. The Morgan fingerprint density at radius 3 is 2.86 bits per heavy atom. The van der Waals surface area contributed by atoms with Gasteiger partial charge in [0.1, 0.15) is 11.9 Å². The number of aryl methyl sites for hydroxylation is 1. The number of halogens is 1. The number of nitrogens with one attached hydrogen (secondary N) is 1. The molecule has 0 radical (unpaired) electrons. The average molecular weight is 443 g/mol. The Morgan fingerprint density at radius 1 is 1.41 bits per heavy atom. The Bertz CT molecular complexity index is 1120. The molecule has 148 valence electrons. The molecule has 29 heavy (non-hydrogen) atoms. The van der Waals surface area contributed by atoms with Crippen LogP contribution in [0.2, 0.25) is 5.02 Å². The van der Waals surface area contributed by atoms with E-state index in [2.05, 4.69) is 26.3 Å². The lowest BCUT2D eigenvalue weighted by molar-refractivity contribution is 0.834. The molecule has 0 saturated heterocycles. The zero-order valence-electron chi connectivity index (χ0n) is 16.2. The lowest BCUT2D eigenvalue weighted by atomic mass is 9.96. The molecule has 0 aliphatic heterocycles. The summed E-state index contributed by atoms with van der Waals surface area (Å²) in [6.07, 6.45) is 3.61. The number of thiophene rings is 1. The van der Waals surface area contributed by atoms with Crippen LogP contribution in [-0.4, -0.2) is 35.8 Å². The van der Waals surface area contributed by atoms with Gasteiger partial charge in [0.25, 0.3) is 0 Å². The van der Waals surface area contributed by atoms with E-state index in [9.17, 15) is 5.26 Å². The molecule has 0 atom stereocenters. The van der Waals surface area contributed by atoms with Crippen LogP contribution in [0.25, 0.3) is 21.7 Å². The second-order valence-electron chi connectivity index (χ2n) is 6.06. The van der Waals surface area contributed by atoms with E-state index in [1.165, 1.54) is 23.1 Å². The average Bonchev–Trinajstić information content (AvgIpc) is 3.11. The maximum absolute atomic E-state index is 10.1. The summed E-state index contributed by atoms with van der Waals surface area (Å²) in [6.45, 7) is 2.34. The SMILES string of the molecule is CNC/N=C(\N)c1sc(-c2ccnc(SC)n2)c(C#N)c1-c1ccc(Cl)cc1C. The number of nitrogens with two attached hydrogens (primary N) is 1. The number of nitriles is 1. The van der Waals surface area contributed by atoms with Crippen LogP contribution >= 0.6 is 34.7 Å². The topological polar surface area (TPSA) is 100.0 Å². The van der Waals surface area contributed by atoms with Crippen molar-refractivity contribution < 1.29 is 0 Å². The number of benzene rings is 1. The van der Waals surface area contributed by atoms with Crippen LogP contribution in [0.15, 0.2) is 40.6 Å². The van der Waals surface area contributed by atoms with Crippen LogP contribution in [0.5, 0.6) is 0 Å². The third-order valence-corrected chi connectivity index (χ3v) is 6.20. The number of thioether (sulfide) groups is 1. The maximum atomic E-state index is 10.1. The molecule has 0 bridgehead atoms. The number of hydrogen-bond acceptors (Lipinski definition) is 7. The summed E-state index contributed by atoms with van der Waals surface area (Å²) in [4.78, 5) is 14.7. The van der Waals surface area contributed by atoms with Gasteiger partial charge in [0.05, 0.1) is 27.7 Å². The van der Waals surface area contributed by atoms with Crippen LogP contribution in [0.4, 0.5) is 0 Å². The van der Waals surface area contributed by atoms with E-state index < -0.39 is 0 Å². The Labute approximate surface area is 182 Å². The monoisotopic (exact) mass is 442 g/mol. The Kier molecular flexibility index (Phi) is 6.87. The summed E-state index contributed by atoms with van der Waals surface area (Å²) in [5.74, 6) is 0.371. The minimum absolute atomic E-state index is 0.371. The van der Waals surface area contributed by atoms with Gasteiger partial charge in [0.15, 0.2) is 5.16 Å². The molecule has 3 rings (SSSR count). The summed E-state index contributed by atoms with van der Waals surface area (Å²) in [7, 11) is 1.80. The number of aliphatic imine (C=N–C) groups is 1. The minimum Gasteiger partial charge on any atom is -0.383 e. The second kappa shape index (κ2) is 9.37. The molecule has 0 amide bonds. The Morgan fingerprint density at radius 2 is 2.21 bits per heavy atom. The Balaban J connectivity index is 2.32. The van der Waals surface area contributed by atoms with Gasteiger partial charge in [-0.25, -0.2) is 9.97 Å². The first-order valence-corrected chi connectivity index (χ1v) is 11.1. The van der Waals surface area contributed by atoms with Crippen molar-refractivity contribution in [3.8, 4) is 27.8 Å². The standard InChI is InChI=1S/C20H19ClN6S2/c1-11-8-12(21)4-5-13(11)16-14(9-22)17(15-6-7-25-20(27-15)28-3)29-18(16)19(23)26-10-24-2/h4-8,24H,10H2,1-3H3,(H2,23,26). The van der Waals surface area contributed by atoms with E-state index >= 15 is 0 Å². The molecule has 2 aromatic heterocycles. The molecule has 0 fully saturated rings. The van der Waals surface area contributed by atoms with Gasteiger partial charge in [0, 0.05) is 16.8 Å². The molecule has 2 heterocycles. The minimum atomic E-state index is 0.371. The van der Waals surface area contributed by atoms with Gasteiger partial charge in [-0.15, -0.1) is 11.3 Å². The highest BCUT2D eigenvalue weighted by atomic mass is 35.5. The molecule has 6 nitrogen and oxygen atoms in total. The van der Waals surface area contributed by atoms with Crippen molar-refractivity contribution >= 4 is 40.5 Å². The van der Waals surface area contributed by atoms with Gasteiger partial charge < -0.3 is 11.1 Å². The van der Waals surface area contributed by atoms with E-state index in [-0.39, 0.29) is 0 Å². The predicted molar refractivity (Wildman–Crippen MR) is 122 cm³/mol. The normalized spacial score (nSPS) is 11.5. The third-order valence-electron chi connectivity index (χ3n) is 4.17. The number of rotatable bonds is 6. The lowest BCUT2D eigenvalue weighted by Gasteiger charge is -2.09. The van der Waals surface area contributed by atoms with Crippen molar-refractivity contribution in [3.05, 3.63) is 51.5 Å². The molecule has 3 N–H and O–H groups in total. The molecule has 3 aromatic rings. The first kappa shape index (κ1) is 21.3. The second-order valence-corrected chi connectivity index (χ2v) is 8.30. The molecule has 0 saturated carbocycles. The molecule has 0 aliphatic carbocycles. The number of amidine groups is 1. The van der Waals surface area contributed by atoms with E-state index in [0.717, 1.165) is 26.4 Å². The summed E-state index contributed by atoms with van der Waals surface area (Å²) >= 11 is 9.00. The summed E-state index contributed by atoms with van der Waals surface area (Å²) < 4.78 is 0. The van der Waals surface area contributed by atoms with Gasteiger partial charge in [-0.3, -0.25) is 4.99 Å². The van der Waals surface area contributed by atoms with Crippen molar-refractivity contribution in [1.29, 1.82) is 5.26 Å². The molecular formula is C20H19ClN6S2. The van der Waals surface area contributed by atoms with Crippen LogP contribution in [-0.2, 0) is 0 Å². The van der Waals surface area contributed by atoms with Crippen LogP contribution in [0.3, 0.4) is 0 Å². The van der Waals surface area contributed by atoms with Gasteiger partial charge in [-0.2, -0.15) is 5.26 Å². The zero-order valence-corrected chi connectivity index (χ0v) is 18.5. The molecule has 0 spiro atoms. The highest BCUT2D eigenvalue weighted by Crippen LogP contribution is 2.43. The van der Waals surface area contributed by atoms with Crippen molar-refractivity contribution in [2.45, 2.75) is 12.1 Å². The smallest absolute Gasteiger partial charge is 0.187 e. The van der Waals surface area contributed by atoms with E-state index in [0.29, 0.717) is 33.9 Å². The summed E-state index contributed by atoms with van der Waals surface area (Å²) in [5.41, 5.74) is 10.1. The van der Waals surface area contributed by atoms with Crippen molar-refractivity contribution in [2.24, 2.45) is 10.7 Å². The van der Waals surface area contributed by atoms with Crippen LogP contribution < -0.4 is 11.1 Å². The number of aromatic nitrogens is 2. The fraction of sp³-hybridized carbons (Fsp3) is 0.200. The van der Waals surface area contributed by atoms with Gasteiger partial charge in [-0.05, 0) is 49.6 Å². The van der Waals surface area contributed by atoms with Crippen LogP contribution in [0.1, 0.15) is 16.0 Å². The van der Waals surface area contributed by atoms with E-state index in [1.54, 1.807) is 19.3 Å². The highest BCUT2D eigenvalue weighted by molar-refractivity contribution is 7.98. The molecule has 0 aliphatic rings. The van der Waals surface area contributed by atoms with Crippen molar-refractivity contribution in [3.63, 3.8) is 0 Å². The zero-order chi connectivity index (χ0) is 21.0. The Hall–Kier alpha value is -2.44. The largest absolute Gasteiger partial charge is 0.383 e. The number of nitrogens with zero attached hydrogens (tertiary/aromatic N) is 4. The summed E-state index contributed by atoms with van der Waals surface area (Å²) in [6, 6.07) is 9.75. The predicted octanol–water partition coefficient (Wildman–Crippen LogP) is 4.31. The lowest BCUT2D eigenvalue weighted by Crippen LogP contribution is -2.17. The molecular weight excluding hydrogens is 424 g/mol. The first-order chi connectivity index (χ1) is 14.0. The fourth-order valence-corrected chi connectivity index (χ4v) is 4.60. The van der Waals surface area contributed by atoms with Crippen molar-refractivity contribution in [1.82, 2.24) is 15.3 Å². The van der Waals surface area contributed by atoms with E-state index in [1.807, 2.05) is 31.4 Å². The maximum Gasteiger partial charge on any atom is 0.187 e. The number of hydrogen-bond donors (Lipinski definition) is 2. The molecule has 9 heteroatoms. The van der Waals surface area contributed by atoms with Crippen LogP contribution in [0, 0.1) is 18.3 Å². The highest BCUT2D eigenvalue weighted by Gasteiger charge is 2.24. The fourth-order valence-electron chi connectivity index (χ4n) is 2.86. The molecule has 0 unspecified atom stereocenters. The van der Waals surface area contributed by atoms with Gasteiger partial charge in [-0.1, -0.05) is 29.4 Å². The van der Waals surface area contributed by atoms with Gasteiger partial charge >= 0.3 is 0 Å². The van der Waals surface area contributed by atoms with E-state index in [4.69, 9.17) is 17.3 Å². The molecule has 1 aromatic carbocycles. The summed E-state index contributed by atoms with van der Waals surface area (Å²) in [5, 5.41) is 14.3.